The fraction of sp³-hybridized carbons (Fsp3) is 0.378. The van der Waals surface area contributed by atoms with E-state index >= 15 is 0 Å². The summed E-state index contributed by atoms with van der Waals surface area (Å²) in [4.78, 5) is 11.8. The summed E-state index contributed by atoms with van der Waals surface area (Å²) < 4.78 is 25.4. The molecule has 7 nitrogen and oxygen atoms in total. The lowest BCUT2D eigenvalue weighted by atomic mass is 9.91. The van der Waals surface area contributed by atoms with E-state index in [2.05, 4.69) is 82.2 Å². The van der Waals surface area contributed by atoms with Crippen LogP contribution in [0.5, 0.6) is 0 Å². The van der Waals surface area contributed by atoms with Gasteiger partial charge in [-0.1, -0.05) is 55.2 Å². The monoisotopic (exact) mass is 625 g/mol. The Morgan fingerprint density at radius 2 is 1.67 bits per heavy atom. The van der Waals surface area contributed by atoms with Gasteiger partial charge in [-0.3, -0.25) is 4.72 Å². The fourth-order valence-corrected chi connectivity index (χ4v) is 6.88. The van der Waals surface area contributed by atoms with Gasteiger partial charge in [0.05, 0.1) is 6.26 Å². The molecular weight excluding hydrogens is 579 g/mol. The molecule has 45 heavy (non-hydrogen) atoms. The maximum Gasteiger partial charge on any atom is 0.229 e. The van der Waals surface area contributed by atoms with Crippen molar-refractivity contribution in [3.05, 3.63) is 107 Å². The number of nitrogens with one attached hydrogen (secondary N) is 4. The number of aryl methyl sites for hydroxylation is 3. The van der Waals surface area contributed by atoms with Gasteiger partial charge in [-0.15, -0.1) is 0 Å². The second-order valence-corrected chi connectivity index (χ2v) is 14.1. The minimum atomic E-state index is -3.25. The molecule has 1 atom stereocenters. The smallest absolute Gasteiger partial charge is 0.229 e. The summed E-state index contributed by atoms with van der Waals surface area (Å²) in [5.74, 6) is 1.29. The maximum absolute atomic E-state index is 11.4. The van der Waals surface area contributed by atoms with Crippen LogP contribution in [0.25, 0.3) is 22.2 Å². The molecule has 0 aliphatic rings. The van der Waals surface area contributed by atoms with Crippen molar-refractivity contribution < 1.29 is 8.42 Å². The number of aromatic amines is 2. The van der Waals surface area contributed by atoms with E-state index in [1.54, 1.807) is 0 Å². The molecule has 5 rings (SSSR count). The Bertz CT molecular complexity index is 1770. The summed E-state index contributed by atoms with van der Waals surface area (Å²) in [6.45, 7) is 8.44. The molecule has 0 radical (unpaired) electrons. The molecule has 8 heteroatoms. The molecule has 4 N–H and O–H groups in total. The number of sulfonamides is 1. The van der Waals surface area contributed by atoms with Crippen LogP contribution in [0.4, 0.5) is 5.69 Å². The van der Waals surface area contributed by atoms with E-state index < -0.39 is 10.0 Å². The molecule has 2 heterocycles. The number of benzene rings is 3. The molecule has 238 valence electrons. The number of unbranched alkanes of at least 4 members (excludes halogenated alkanes) is 2. The molecule has 2 aromatic heterocycles. The summed E-state index contributed by atoms with van der Waals surface area (Å²) >= 11 is 0. The van der Waals surface area contributed by atoms with Crippen molar-refractivity contribution in [2.24, 2.45) is 0 Å². The van der Waals surface area contributed by atoms with Gasteiger partial charge >= 0.3 is 0 Å². The lowest BCUT2D eigenvalue weighted by molar-refractivity contribution is 0.607. The van der Waals surface area contributed by atoms with Crippen LogP contribution in [-0.4, -0.2) is 42.7 Å². The number of hydrogen-bond donors (Lipinski definition) is 4. The third-order valence-electron chi connectivity index (χ3n) is 8.42. The zero-order valence-corrected chi connectivity index (χ0v) is 27.9. The number of imidazole rings is 1. The van der Waals surface area contributed by atoms with Crippen LogP contribution in [-0.2, 0) is 22.9 Å². The number of aromatic nitrogens is 3. The average Bonchev–Trinajstić information content (AvgIpc) is 3.65. The van der Waals surface area contributed by atoms with Crippen LogP contribution < -0.4 is 10.0 Å². The Kier molecular flexibility index (Phi) is 10.8. The van der Waals surface area contributed by atoms with Crippen molar-refractivity contribution >= 4 is 26.6 Å². The predicted molar refractivity (Wildman–Crippen MR) is 188 cm³/mol. The molecule has 0 bridgehead atoms. The van der Waals surface area contributed by atoms with Gasteiger partial charge in [0, 0.05) is 40.6 Å². The van der Waals surface area contributed by atoms with E-state index in [0.717, 1.165) is 63.9 Å². The highest BCUT2D eigenvalue weighted by molar-refractivity contribution is 7.92. The summed E-state index contributed by atoms with van der Waals surface area (Å²) in [6, 6.07) is 21.4. The van der Waals surface area contributed by atoms with Crippen molar-refractivity contribution in [3.63, 3.8) is 0 Å². The Labute approximate surface area is 268 Å². The minimum Gasteiger partial charge on any atom is -0.354 e. The molecule has 0 spiro atoms. The minimum absolute atomic E-state index is 0.252. The second kappa shape index (κ2) is 14.9. The predicted octanol–water partition coefficient (Wildman–Crippen LogP) is 8.02. The number of fused-ring (bicyclic) bond motifs is 1. The van der Waals surface area contributed by atoms with Crippen molar-refractivity contribution in [1.29, 1.82) is 0 Å². The van der Waals surface area contributed by atoms with E-state index in [4.69, 9.17) is 0 Å². The Morgan fingerprint density at radius 3 is 2.36 bits per heavy atom. The Morgan fingerprint density at radius 1 is 0.889 bits per heavy atom. The van der Waals surface area contributed by atoms with Gasteiger partial charge in [-0.2, -0.15) is 0 Å². The van der Waals surface area contributed by atoms with E-state index in [9.17, 15) is 8.42 Å². The van der Waals surface area contributed by atoms with E-state index in [-0.39, 0.29) is 5.92 Å². The van der Waals surface area contributed by atoms with Gasteiger partial charge in [-0.25, -0.2) is 13.4 Å². The van der Waals surface area contributed by atoms with Gasteiger partial charge < -0.3 is 15.3 Å². The summed E-state index contributed by atoms with van der Waals surface area (Å²) in [5.41, 5.74) is 10.7. The average molecular weight is 626 g/mol. The van der Waals surface area contributed by atoms with Gasteiger partial charge in [-0.05, 0) is 118 Å². The van der Waals surface area contributed by atoms with Crippen LogP contribution in [0.2, 0.25) is 0 Å². The molecule has 0 aliphatic heterocycles. The highest BCUT2D eigenvalue weighted by atomic mass is 32.2. The van der Waals surface area contributed by atoms with Crippen LogP contribution in [0, 0.1) is 13.8 Å². The molecule has 0 saturated carbocycles. The molecular formula is C37H47N5O2S. The quantitative estimate of drug-likeness (QED) is 0.0834. The van der Waals surface area contributed by atoms with Crippen LogP contribution in [0.3, 0.4) is 0 Å². The Balaban J connectivity index is 1.28. The number of H-pyrrole nitrogens is 2. The molecule has 3 aromatic carbocycles. The van der Waals surface area contributed by atoms with Crippen molar-refractivity contribution in [2.45, 2.75) is 71.6 Å². The number of nitrogens with zero attached hydrogens (tertiary/aromatic N) is 1. The fourth-order valence-electron chi connectivity index (χ4n) is 6.32. The summed E-state index contributed by atoms with van der Waals surface area (Å²) in [5, 5.41) is 4.99. The van der Waals surface area contributed by atoms with Crippen molar-refractivity contribution in [1.82, 2.24) is 20.3 Å². The van der Waals surface area contributed by atoms with Crippen LogP contribution in [0.15, 0.2) is 73.1 Å². The third-order valence-corrected chi connectivity index (χ3v) is 9.02. The standard InChI is InChI=1S/C37H47N5O2S/c1-5-6-10-32(37-39-20-21-40-37)29-13-16-35-34(25-29)33(36(41-35)30-23-26(2)22-27(3)24-30)17-19-38-18-8-7-9-28-11-14-31(15-12-28)42-45(4,43)44/h11-16,20-25,32,38,41-42H,5-10,17-19H2,1-4H3,(H,39,40). The first-order chi connectivity index (χ1) is 21.7. The molecule has 1 unspecified atom stereocenters. The summed E-state index contributed by atoms with van der Waals surface area (Å²) in [6.07, 6.45) is 12.4. The SMILES string of the molecule is CCCCC(c1ccc2[nH]c(-c3cc(C)cc(C)c3)c(CCNCCCCc3ccc(NS(C)(=O)=O)cc3)c2c1)c1ncc[nH]1. The molecule has 0 fully saturated rings. The number of rotatable bonds is 16. The lowest BCUT2D eigenvalue weighted by Crippen LogP contribution is -2.18. The summed E-state index contributed by atoms with van der Waals surface area (Å²) in [7, 11) is -3.25. The van der Waals surface area contributed by atoms with Gasteiger partial charge in [0.15, 0.2) is 0 Å². The normalized spacial score (nSPS) is 12.5. The van der Waals surface area contributed by atoms with Crippen LogP contribution in [0.1, 0.15) is 78.6 Å². The van der Waals surface area contributed by atoms with Crippen molar-refractivity contribution in [2.75, 3.05) is 24.1 Å². The third kappa shape index (κ3) is 8.86. The topological polar surface area (TPSA) is 103 Å². The number of anilines is 1. The van der Waals surface area contributed by atoms with Crippen molar-refractivity contribution in [3.8, 4) is 11.3 Å². The zero-order valence-electron chi connectivity index (χ0n) is 27.0. The maximum atomic E-state index is 11.4. The molecule has 0 saturated heterocycles. The molecule has 5 aromatic rings. The zero-order chi connectivity index (χ0) is 31.8. The first-order valence-corrected chi connectivity index (χ1v) is 18.1. The van der Waals surface area contributed by atoms with E-state index in [1.807, 2.05) is 36.7 Å². The first kappa shape index (κ1) is 32.5. The van der Waals surface area contributed by atoms with E-state index in [1.165, 1.54) is 56.2 Å². The first-order valence-electron chi connectivity index (χ1n) is 16.2. The van der Waals surface area contributed by atoms with Gasteiger partial charge in [0.25, 0.3) is 0 Å². The van der Waals surface area contributed by atoms with Crippen LogP contribution >= 0.6 is 0 Å². The lowest BCUT2D eigenvalue weighted by Gasteiger charge is -2.15. The second-order valence-electron chi connectivity index (χ2n) is 12.4. The van der Waals surface area contributed by atoms with E-state index in [0.29, 0.717) is 5.69 Å². The largest absolute Gasteiger partial charge is 0.354 e. The Hall–Kier alpha value is -3.88. The highest BCUT2D eigenvalue weighted by Gasteiger charge is 2.20. The van der Waals surface area contributed by atoms with Gasteiger partial charge in [0.1, 0.15) is 5.82 Å². The highest BCUT2D eigenvalue weighted by Crippen LogP contribution is 2.36. The number of hydrogen-bond acceptors (Lipinski definition) is 4. The molecule has 0 aliphatic carbocycles. The molecule has 0 amide bonds. The van der Waals surface area contributed by atoms with Gasteiger partial charge in [0.2, 0.25) is 10.0 Å².